The molecule has 6 nitrogen and oxygen atoms in total. The summed E-state index contributed by atoms with van der Waals surface area (Å²) in [4.78, 5) is 29.5. The van der Waals surface area contributed by atoms with Crippen molar-refractivity contribution in [1.82, 2.24) is 14.9 Å². The van der Waals surface area contributed by atoms with E-state index in [1.54, 1.807) is 25.2 Å². The van der Waals surface area contributed by atoms with Crippen molar-refractivity contribution in [1.29, 1.82) is 0 Å². The SMILES string of the molecule is Cc1cccnc1CN(C)C(=O)C1=NN(C)C(=O)CC1. The van der Waals surface area contributed by atoms with Crippen LogP contribution in [0.2, 0.25) is 0 Å². The molecule has 1 aromatic rings. The molecule has 0 aliphatic carbocycles. The second-order valence-corrected chi connectivity index (χ2v) is 4.89. The van der Waals surface area contributed by atoms with Crippen molar-refractivity contribution in [3.63, 3.8) is 0 Å². The van der Waals surface area contributed by atoms with Crippen molar-refractivity contribution in [3.05, 3.63) is 29.6 Å². The normalized spacial score (nSPS) is 15.1. The van der Waals surface area contributed by atoms with E-state index in [9.17, 15) is 9.59 Å². The highest BCUT2D eigenvalue weighted by molar-refractivity contribution is 6.39. The van der Waals surface area contributed by atoms with Crippen LogP contribution in [0.5, 0.6) is 0 Å². The van der Waals surface area contributed by atoms with Gasteiger partial charge in [-0.05, 0) is 18.6 Å². The third-order valence-electron chi connectivity index (χ3n) is 3.31. The molecule has 1 aliphatic heterocycles. The fourth-order valence-corrected chi connectivity index (χ4v) is 2.02. The van der Waals surface area contributed by atoms with Crippen molar-refractivity contribution < 1.29 is 9.59 Å². The van der Waals surface area contributed by atoms with Crippen LogP contribution in [0.3, 0.4) is 0 Å². The highest BCUT2D eigenvalue weighted by atomic mass is 16.2. The highest BCUT2D eigenvalue weighted by Crippen LogP contribution is 2.11. The predicted octanol–water partition coefficient (Wildman–Crippen LogP) is 0.957. The zero-order chi connectivity index (χ0) is 14.7. The molecule has 0 bridgehead atoms. The van der Waals surface area contributed by atoms with Gasteiger partial charge >= 0.3 is 0 Å². The molecule has 1 aliphatic rings. The highest BCUT2D eigenvalue weighted by Gasteiger charge is 2.24. The maximum absolute atomic E-state index is 12.3. The fraction of sp³-hybridized carbons (Fsp3) is 0.429. The van der Waals surface area contributed by atoms with Gasteiger partial charge in [0.15, 0.2) is 0 Å². The Hall–Kier alpha value is -2.24. The minimum absolute atomic E-state index is 0.0650. The Labute approximate surface area is 118 Å². The lowest BCUT2D eigenvalue weighted by atomic mass is 10.1. The first kappa shape index (κ1) is 14.2. The summed E-state index contributed by atoms with van der Waals surface area (Å²) in [5.41, 5.74) is 2.33. The number of hydrazone groups is 1. The van der Waals surface area contributed by atoms with Gasteiger partial charge in [-0.15, -0.1) is 0 Å². The standard InChI is InChI=1S/C14H18N4O2/c1-10-5-4-8-15-12(10)9-17(2)14(20)11-6-7-13(19)18(3)16-11/h4-5,8H,6-7,9H2,1-3H3. The summed E-state index contributed by atoms with van der Waals surface area (Å²) in [6, 6.07) is 3.83. The minimum atomic E-state index is -0.158. The Bertz CT molecular complexity index is 568. The molecule has 0 aromatic carbocycles. The number of rotatable bonds is 3. The van der Waals surface area contributed by atoms with E-state index in [1.807, 2.05) is 19.1 Å². The number of nitrogens with zero attached hydrogens (tertiary/aromatic N) is 4. The van der Waals surface area contributed by atoms with Crippen molar-refractivity contribution in [2.45, 2.75) is 26.3 Å². The number of carbonyl (C=O) groups is 2. The van der Waals surface area contributed by atoms with Crippen molar-refractivity contribution in [2.75, 3.05) is 14.1 Å². The van der Waals surface area contributed by atoms with Crippen LogP contribution in [-0.4, -0.2) is 46.5 Å². The van der Waals surface area contributed by atoms with Gasteiger partial charge in [-0.3, -0.25) is 14.6 Å². The molecule has 6 heteroatoms. The molecule has 0 N–H and O–H groups in total. The average molecular weight is 274 g/mol. The number of hydrogen-bond acceptors (Lipinski definition) is 4. The number of aromatic nitrogens is 1. The molecular formula is C14H18N4O2. The van der Waals surface area contributed by atoms with Crippen LogP contribution in [0.1, 0.15) is 24.1 Å². The number of hydrogen-bond donors (Lipinski definition) is 0. The topological polar surface area (TPSA) is 65.9 Å². The Balaban J connectivity index is 2.08. The summed E-state index contributed by atoms with van der Waals surface area (Å²) in [6.45, 7) is 2.40. The lowest BCUT2D eigenvalue weighted by Crippen LogP contribution is -2.38. The molecule has 0 unspecified atom stereocenters. The van der Waals surface area contributed by atoms with Gasteiger partial charge in [0.1, 0.15) is 5.71 Å². The molecule has 0 radical (unpaired) electrons. The molecule has 2 heterocycles. The van der Waals surface area contributed by atoms with Crippen LogP contribution in [0, 0.1) is 6.92 Å². The van der Waals surface area contributed by atoms with Crippen LogP contribution in [0.25, 0.3) is 0 Å². The Morgan fingerprint density at radius 3 is 2.85 bits per heavy atom. The third kappa shape index (κ3) is 3.01. The molecule has 0 spiro atoms. The van der Waals surface area contributed by atoms with E-state index in [4.69, 9.17) is 0 Å². The molecule has 2 amide bonds. The predicted molar refractivity (Wildman–Crippen MR) is 74.9 cm³/mol. The lowest BCUT2D eigenvalue weighted by Gasteiger charge is -2.23. The summed E-state index contributed by atoms with van der Waals surface area (Å²) in [5, 5.41) is 5.27. The molecular weight excluding hydrogens is 256 g/mol. The first-order valence-electron chi connectivity index (χ1n) is 6.49. The van der Waals surface area contributed by atoms with Crippen molar-refractivity contribution >= 4 is 17.5 Å². The van der Waals surface area contributed by atoms with E-state index in [0.29, 0.717) is 25.1 Å². The Kier molecular flexibility index (Phi) is 4.12. The second-order valence-electron chi connectivity index (χ2n) is 4.89. The molecule has 0 fully saturated rings. The third-order valence-corrected chi connectivity index (χ3v) is 3.31. The van der Waals surface area contributed by atoms with Gasteiger partial charge in [-0.1, -0.05) is 6.07 Å². The molecule has 20 heavy (non-hydrogen) atoms. The Morgan fingerprint density at radius 1 is 1.45 bits per heavy atom. The maximum atomic E-state index is 12.3. The summed E-state index contributed by atoms with van der Waals surface area (Å²) >= 11 is 0. The van der Waals surface area contributed by atoms with Crippen LogP contribution in [0.4, 0.5) is 0 Å². The number of carbonyl (C=O) groups excluding carboxylic acids is 2. The van der Waals surface area contributed by atoms with Gasteiger partial charge in [0, 0.05) is 33.1 Å². The summed E-state index contributed by atoms with van der Waals surface area (Å²) in [6.07, 6.45) is 2.44. The van der Waals surface area contributed by atoms with Crippen LogP contribution < -0.4 is 0 Å². The number of amides is 2. The zero-order valence-corrected chi connectivity index (χ0v) is 12.0. The molecule has 2 rings (SSSR count). The van der Waals surface area contributed by atoms with Gasteiger partial charge in [0.25, 0.3) is 5.91 Å². The van der Waals surface area contributed by atoms with Crippen molar-refractivity contribution in [2.24, 2.45) is 5.10 Å². The zero-order valence-electron chi connectivity index (χ0n) is 12.0. The summed E-state index contributed by atoms with van der Waals surface area (Å²) in [5.74, 6) is -0.223. The molecule has 0 atom stereocenters. The second kappa shape index (κ2) is 5.81. The monoisotopic (exact) mass is 274 g/mol. The number of aryl methyl sites for hydroxylation is 1. The first-order chi connectivity index (χ1) is 9.49. The van der Waals surface area contributed by atoms with Gasteiger partial charge < -0.3 is 4.90 Å². The van der Waals surface area contributed by atoms with E-state index in [2.05, 4.69) is 10.1 Å². The quantitative estimate of drug-likeness (QED) is 0.824. The first-order valence-corrected chi connectivity index (χ1v) is 6.49. The average Bonchev–Trinajstić information content (AvgIpc) is 2.43. The largest absolute Gasteiger partial charge is 0.335 e. The fourth-order valence-electron chi connectivity index (χ4n) is 2.02. The van der Waals surface area contributed by atoms with E-state index in [1.165, 1.54) is 5.01 Å². The van der Waals surface area contributed by atoms with Gasteiger partial charge in [-0.25, -0.2) is 5.01 Å². The molecule has 1 aromatic heterocycles. The molecule has 0 saturated carbocycles. The summed E-state index contributed by atoms with van der Waals surface area (Å²) in [7, 11) is 3.28. The van der Waals surface area contributed by atoms with Crippen molar-refractivity contribution in [3.8, 4) is 0 Å². The Morgan fingerprint density at radius 2 is 2.20 bits per heavy atom. The van der Waals surface area contributed by atoms with Crippen LogP contribution in [0.15, 0.2) is 23.4 Å². The van der Waals surface area contributed by atoms with E-state index < -0.39 is 0 Å². The van der Waals surface area contributed by atoms with Crippen LogP contribution >= 0.6 is 0 Å². The number of pyridine rings is 1. The molecule has 106 valence electrons. The van der Waals surface area contributed by atoms with E-state index >= 15 is 0 Å². The van der Waals surface area contributed by atoms with Gasteiger partial charge in [0.05, 0.1) is 12.2 Å². The minimum Gasteiger partial charge on any atom is -0.335 e. The van der Waals surface area contributed by atoms with E-state index in [0.717, 1.165) is 11.3 Å². The van der Waals surface area contributed by atoms with Crippen LogP contribution in [-0.2, 0) is 16.1 Å². The lowest BCUT2D eigenvalue weighted by molar-refractivity contribution is -0.130. The smallest absolute Gasteiger partial charge is 0.270 e. The maximum Gasteiger partial charge on any atom is 0.270 e. The summed E-state index contributed by atoms with van der Waals surface area (Å²) < 4.78 is 0. The molecule has 0 saturated heterocycles. The van der Waals surface area contributed by atoms with Gasteiger partial charge in [-0.2, -0.15) is 5.10 Å². The van der Waals surface area contributed by atoms with Gasteiger partial charge in [0.2, 0.25) is 5.91 Å². The van der Waals surface area contributed by atoms with E-state index in [-0.39, 0.29) is 11.8 Å².